The summed E-state index contributed by atoms with van der Waals surface area (Å²) in [4.78, 5) is 36.3. The van der Waals surface area contributed by atoms with Gasteiger partial charge in [0.2, 0.25) is 0 Å². The number of ketones is 1. The van der Waals surface area contributed by atoms with Gasteiger partial charge in [0, 0.05) is 11.3 Å². The normalized spacial score (nSPS) is 10.3. The Morgan fingerprint density at radius 3 is 2.38 bits per heavy atom. The van der Waals surface area contributed by atoms with E-state index in [0.717, 1.165) is 0 Å². The number of carbonyl (C=O) groups excluding carboxylic acids is 3. The van der Waals surface area contributed by atoms with Gasteiger partial charge >= 0.3 is 5.97 Å². The Bertz CT molecular complexity index is 1030. The Labute approximate surface area is 171 Å². The standard InChI is InChI=1S/C21H16ClNO6/c1-27-18-9-6-14(11-16(18)22)17(24)12-29-21(26)13-4-7-15(8-5-13)23-20(25)19-3-2-10-28-19/h2-11H,12H2,1H3,(H,23,25). The summed E-state index contributed by atoms with van der Waals surface area (Å²) in [6.07, 6.45) is 1.40. The van der Waals surface area contributed by atoms with E-state index in [1.54, 1.807) is 24.3 Å². The highest BCUT2D eigenvalue weighted by Crippen LogP contribution is 2.25. The van der Waals surface area contributed by atoms with Gasteiger partial charge in [0.05, 0.1) is 24.0 Å². The van der Waals surface area contributed by atoms with Crippen LogP contribution in [-0.2, 0) is 4.74 Å². The van der Waals surface area contributed by atoms with Crippen molar-refractivity contribution in [1.82, 2.24) is 0 Å². The van der Waals surface area contributed by atoms with Crippen LogP contribution in [0.3, 0.4) is 0 Å². The monoisotopic (exact) mass is 413 g/mol. The molecule has 8 heteroatoms. The largest absolute Gasteiger partial charge is 0.495 e. The second kappa shape index (κ2) is 9.07. The van der Waals surface area contributed by atoms with E-state index in [4.69, 9.17) is 25.5 Å². The zero-order chi connectivity index (χ0) is 20.8. The maximum atomic E-state index is 12.2. The molecule has 1 heterocycles. The van der Waals surface area contributed by atoms with E-state index in [2.05, 4.69) is 5.32 Å². The Hall–Kier alpha value is -3.58. The number of rotatable bonds is 7. The van der Waals surface area contributed by atoms with Crippen molar-refractivity contribution in [3.63, 3.8) is 0 Å². The van der Waals surface area contributed by atoms with Crippen LogP contribution in [0.1, 0.15) is 31.3 Å². The number of esters is 1. The molecule has 0 saturated heterocycles. The minimum absolute atomic E-state index is 0.172. The van der Waals surface area contributed by atoms with Crippen molar-refractivity contribution in [2.75, 3.05) is 19.0 Å². The first-order valence-corrected chi connectivity index (χ1v) is 8.84. The first-order chi connectivity index (χ1) is 14.0. The van der Waals surface area contributed by atoms with Gasteiger partial charge in [-0.3, -0.25) is 9.59 Å². The zero-order valence-corrected chi connectivity index (χ0v) is 16.1. The summed E-state index contributed by atoms with van der Waals surface area (Å²) in [7, 11) is 1.47. The molecular formula is C21H16ClNO6. The van der Waals surface area contributed by atoms with Crippen LogP contribution in [0.5, 0.6) is 5.75 Å². The number of carbonyl (C=O) groups is 3. The van der Waals surface area contributed by atoms with Crippen molar-refractivity contribution in [1.29, 1.82) is 0 Å². The molecule has 1 aromatic heterocycles. The Morgan fingerprint density at radius 2 is 1.76 bits per heavy atom. The van der Waals surface area contributed by atoms with Gasteiger partial charge < -0.3 is 19.2 Å². The number of halogens is 1. The number of anilines is 1. The molecule has 29 heavy (non-hydrogen) atoms. The van der Waals surface area contributed by atoms with Crippen LogP contribution in [0.15, 0.2) is 65.3 Å². The van der Waals surface area contributed by atoms with E-state index in [-0.39, 0.29) is 16.3 Å². The first-order valence-electron chi connectivity index (χ1n) is 8.46. The van der Waals surface area contributed by atoms with E-state index >= 15 is 0 Å². The minimum Gasteiger partial charge on any atom is -0.495 e. The summed E-state index contributed by atoms with van der Waals surface area (Å²) in [5.74, 6) is -0.855. The van der Waals surface area contributed by atoms with Gasteiger partial charge in [-0.2, -0.15) is 0 Å². The molecule has 3 rings (SSSR count). The van der Waals surface area contributed by atoms with Crippen molar-refractivity contribution in [2.45, 2.75) is 0 Å². The lowest BCUT2D eigenvalue weighted by molar-refractivity contribution is 0.0475. The van der Waals surface area contributed by atoms with Gasteiger partial charge in [0.15, 0.2) is 18.2 Å². The van der Waals surface area contributed by atoms with Gasteiger partial charge in [-0.05, 0) is 54.6 Å². The smallest absolute Gasteiger partial charge is 0.338 e. The fourth-order valence-electron chi connectivity index (χ4n) is 2.43. The van der Waals surface area contributed by atoms with Gasteiger partial charge in [0.25, 0.3) is 5.91 Å². The van der Waals surface area contributed by atoms with Gasteiger partial charge in [-0.25, -0.2) is 4.79 Å². The molecule has 148 valence electrons. The number of hydrogen-bond acceptors (Lipinski definition) is 6. The van der Waals surface area contributed by atoms with Crippen molar-refractivity contribution in [3.05, 3.63) is 82.8 Å². The molecule has 7 nitrogen and oxygen atoms in total. The molecule has 1 amide bonds. The molecular weight excluding hydrogens is 398 g/mol. The van der Waals surface area contributed by atoms with Gasteiger partial charge in [-0.15, -0.1) is 0 Å². The summed E-state index contributed by atoms with van der Waals surface area (Å²) < 4.78 is 15.1. The summed E-state index contributed by atoms with van der Waals surface area (Å²) in [6, 6.07) is 13.7. The van der Waals surface area contributed by atoms with E-state index in [1.807, 2.05) is 0 Å². The zero-order valence-electron chi connectivity index (χ0n) is 15.3. The molecule has 0 atom stereocenters. The Morgan fingerprint density at radius 1 is 1.03 bits per heavy atom. The van der Waals surface area contributed by atoms with Crippen LogP contribution in [0.25, 0.3) is 0 Å². The third-order valence-electron chi connectivity index (χ3n) is 3.93. The van der Waals surface area contributed by atoms with Crippen LogP contribution < -0.4 is 10.1 Å². The molecule has 3 aromatic rings. The topological polar surface area (TPSA) is 94.8 Å². The van der Waals surface area contributed by atoms with E-state index in [0.29, 0.717) is 17.0 Å². The molecule has 0 aliphatic rings. The number of Topliss-reactive ketones (excluding diaryl/α,β-unsaturated/α-hetero) is 1. The maximum Gasteiger partial charge on any atom is 0.338 e. The van der Waals surface area contributed by atoms with E-state index in [9.17, 15) is 14.4 Å². The summed E-state index contributed by atoms with van der Waals surface area (Å²) >= 11 is 5.99. The molecule has 0 spiro atoms. The summed E-state index contributed by atoms with van der Waals surface area (Å²) in [5, 5.41) is 2.92. The van der Waals surface area contributed by atoms with Crippen molar-refractivity contribution in [3.8, 4) is 5.75 Å². The average Bonchev–Trinajstić information content (AvgIpc) is 3.27. The van der Waals surface area contributed by atoms with Crippen molar-refractivity contribution in [2.24, 2.45) is 0 Å². The van der Waals surface area contributed by atoms with Crippen LogP contribution in [0.2, 0.25) is 5.02 Å². The minimum atomic E-state index is -0.665. The third-order valence-corrected chi connectivity index (χ3v) is 4.23. The highest BCUT2D eigenvalue weighted by Gasteiger charge is 2.14. The number of furan rings is 1. The second-order valence-electron chi connectivity index (χ2n) is 5.86. The first kappa shape index (κ1) is 20.2. The lowest BCUT2D eigenvalue weighted by atomic mass is 10.1. The van der Waals surface area contributed by atoms with Crippen molar-refractivity contribution < 1.29 is 28.3 Å². The second-order valence-corrected chi connectivity index (χ2v) is 6.26. The highest BCUT2D eigenvalue weighted by molar-refractivity contribution is 6.32. The molecule has 0 bridgehead atoms. The van der Waals surface area contributed by atoms with Crippen LogP contribution >= 0.6 is 11.6 Å². The molecule has 0 aliphatic carbocycles. The summed E-state index contributed by atoms with van der Waals surface area (Å²) in [5.41, 5.74) is 1.02. The number of methoxy groups -OCH3 is 1. The fourth-order valence-corrected chi connectivity index (χ4v) is 2.69. The maximum absolute atomic E-state index is 12.2. The van der Waals surface area contributed by atoms with Crippen LogP contribution in [0, 0.1) is 0 Å². The fraction of sp³-hybridized carbons (Fsp3) is 0.0952. The van der Waals surface area contributed by atoms with Gasteiger partial charge in [-0.1, -0.05) is 11.6 Å². The quantitative estimate of drug-likeness (QED) is 0.460. The number of nitrogens with one attached hydrogen (secondary N) is 1. The lowest BCUT2D eigenvalue weighted by Gasteiger charge is -2.08. The molecule has 0 saturated carbocycles. The summed E-state index contributed by atoms with van der Waals surface area (Å²) in [6.45, 7) is -0.432. The Balaban J connectivity index is 1.56. The lowest BCUT2D eigenvalue weighted by Crippen LogP contribution is -2.14. The van der Waals surface area contributed by atoms with Crippen LogP contribution in [0.4, 0.5) is 5.69 Å². The molecule has 0 fully saturated rings. The number of benzene rings is 2. The SMILES string of the molecule is COc1ccc(C(=O)COC(=O)c2ccc(NC(=O)c3ccco3)cc2)cc1Cl. The Kier molecular flexibility index (Phi) is 6.31. The van der Waals surface area contributed by atoms with Crippen molar-refractivity contribution >= 4 is 34.9 Å². The number of ether oxygens (including phenoxy) is 2. The number of amides is 1. The third kappa shape index (κ3) is 5.03. The molecule has 0 unspecified atom stereocenters. The predicted molar refractivity (Wildman–Crippen MR) is 106 cm³/mol. The van der Waals surface area contributed by atoms with Gasteiger partial charge in [0.1, 0.15) is 5.75 Å². The average molecular weight is 414 g/mol. The molecule has 0 aliphatic heterocycles. The van der Waals surface area contributed by atoms with E-state index < -0.39 is 24.3 Å². The van der Waals surface area contributed by atoms with E-state index in [1.165, 1.54) is 43.7 Å². The molecule has 2 aromatic carbocycles. The van der Waals surface area contributed by atoms with Crippen LogP contribution in [-0.4, -0.2) is 31.4 Å². The molecule has 0 radical (unpaired) electrons. The highest BCUT2D eigenvalue weighted by atomic mass is 35.5. The molecule has 1 N–H and O–H groups in total. The number of hydrogen-bond donors (Lipinski definition) is 1. The predicted octanol–water partition coefficient (Wildman–Crippen LogP) is 4.23.